The monoisotopic (exact) mass is 425 g/mol. The molecule has 3 heterocycles. The maximum absolute atomic E-state index is 13.0. The number of hydrogen-bond acceptors (Lipinski definition) is 7. The van der Waals surface area contributed by atoms with Crippen molar-refractivity contribution in [1.82, 2.24) is 20.5 Å². The van der Waals surface area contributed by atoms with Gasteiger partial charge < -0.3 is 15.3 Å². The molecular weight excluding hydrogens is 401 g/mol. The molecule has 0 bridgehead atoms. The van der Waals surface area contributed by atoms with Crippen molar-refractivity contribution in [3.63, 3.8) is 0 Å². The van der Waals surface area contributed by atoms with Gasteiger partial charge in [-0.15, -0.1) is 21.5 Å². The number of alkyl halides is 1. The molecule has 2 aliphatic rings. The van der Waals surface area contributed by atoms with Crippen LogP contribution in [0.5, 0.6) is 5.75 Å². The summed E-state index contributed by atoms with van der Waals surface area (Å²) in [7, 11) is 0. The van der Waals surface area contributed by atoms with Gasteiger partial charge in [-0.05, 0) is 56.0 Å². The first-order valence-electron chi connectivity index (χ1n) is 10.3. The van der Waals surface area contributed by atoms with E-state index in [1.807, 2.05) is 37.4 Å². The van der Waals surface area contributed by atoms with Crippen molar-refractivity contribution in [3.8, 4) is 27.4 Å². The normalized spacial score (nSPS) is 23.5. The molecule has 1 saturated carbocycles. The number of thiazole rings is 1. The fourth-order valence-electron chi connectivity index (χ4n) is 4.16. The van der Waals surface area contributed by atoms with Gasteiger partial charge in [-0.1, -0.05) is 6.07 Å². The minimum Gasteiger partial charge on any atom is -0.507 e. The molecule has 156 valence electrons. The van der Waals surface area contributed by atoms with Gasteiger partial charge in [0.05, 0.1) is 15.6 Å². The van der Waals surface area contributed by atoms with Crippen molar-refractivity contribution >= 4 is 17.2 Å². The second-order valence-electron chi connectivity index (χ2n) is 8.12. The van der Waals surface area contributed by atoms with Gasteiger partial charge in [0.2, 0.25) is 0 Å². The molecule has 3 aromatic rings. The minimum absolute atomic E-state index is 0.178. The lowest BCUT2D eigenvalue weighted by atomic mass is 9.90. The summed E-state index contributed by atoms with van der Waals surface area (Å²) < 4.78 is 13.0. The van der Waals surface area contributed by atoms with E-state index in [2.05, 4.69) is 25.4 Å². The number of anilines is 1. The van der Waals surface area contributed by atoms with Gasteiger partial charge in [0, 0.05) is 36.9 Å². The molecule has 1 atom stereocenters. The smallest absolute Gasteiger partial charge is 0.151 e. The Kier molecular flexibility index (Phi) is 5.12. The molecular formula is C22H24FN5OS. The Bertz CT molecular complexity index is 1030. The lowest BCUT2D eigenvalue weighted by Crippen LogP contribution is -2.48. The predicted octanol–water partition coefficient (Wildman–Crippen LogP) is 3.95. The number of phenolic OH excluding ortho intramolecular Hbond substituents is 1. The van der Waals surface area contributed by atoms with E-state index in [-0.39, 0.29) is 5.75 Å². The Labute approximate surface area is 178 Å². The Morgan fingerprint density at radius 2 is 2.03 bits per heavy atom. The summed E-state index contributed by atoms with van der Waals surface area (Å²) in [6.45, 7) is 3.73. The average Bonchev–Trinajstić information content (AvgIpc) is 3.36. The number of aromatic hydroxyl groups is 1. The molecule has 30 heavy (non-hydrogen) atoms. The van der Waals surface area contributed by atoms with Crippen LogP contribution in [-0.4, -0.2) is 51.6 Å². The first-order chi connectivity index (χ1) is 14.5. The third kappa shape index (κ3) is 3.89. The first kappa shape index (κ1) is 19.4. The number of benzene rings is 1. The molecule has 0 spiro atoms. The summed E-state index contributed by atoms with van der Waals surface area (Å²) >= 11 is 1.60. The van der Waals surface area contributed by atoms with Crippen molar-refractivity contribution < 1.29 is 9.50 Å². The van der Waals surface area contributed by atoms with Crippen LogP contribution in [0, 0.1) is 6.92 Å². The predicted molar refractivity (Wildman–Crippen MR) is 117 cm³/mol. The highest BCUT2D eigenvalue weighted by atomic mass is 32.1. The third-order valence-corrected chi connectivity index (χ3v) is 6.86. The van der Waals surface area contributed by atoms with E-state index in [4.69, 9.17) is 0 Å². The van der Waals surface area contributed by atoms with Crippen LogP contribution < -0.4 is 10.2 Å². The van der Waals surface area contributed by atoms with Gasteiger partial charge in [-0.2, -0.15) is 0 Å². The molecule has 1 saturated heterocycles. The van der Waals surface area contributed by atoms with Crippen molar-refractivity contribution in [2.75, 3.05) is 18.0 Å². The van der Waals surface area contributed by atoms with Gasteiger partial charge in [0.25, 0.3) is 0 Å². The van der Waals surface area contributed by atoms with Gasteiger partial charge in [0.1, 0.15) is 11.9 Å². The first-order valence-corrected chi connectivity index (χ1v) is 11.1. The SMILES string of the molecule is Cc1ncc(-c2ccc(-c3ccc(N4CC[C@@H](NC5CC(F)C5)C4)nn3)c(O)c2)s1. The molecule has 0 radical (unpaired) electrons. The summed E-state index contributed by atoms with van der Waals surface area (Å²) in [6.07, 6.45) is 3.49. The van der Waals surface area contributed by atoms with Crippen LogP contribution in [0.2, 0.25) is 0 Å². The largest absolute Gasteiger partial charge is 0.507 e. The minimum atomic E-state index is -0.630. The summed E-state index contributed by atoms with van der Waals surface area (Å²) in [5.41, 5.74) is 2.24. The second kappa shape index (κ2) is 7.92. The van der Waals surface area contributed by atoms with E-state index in [0.717, 1.165) is 40.8 Å². The van der Waals surface area contributed by atoms with Gasteiger partial charge in [0.15, 0.2) is 5.82 Å². The lowest BCUT2D eigenvalue weighted by molar-refractivity contribution is 0.148. The zero-order valence-electron chi connectivity index (χ0n) is 16.8. The number of aryl methyl sites for hydroxylation is 1. The highest BCUT2D eigenvalue weighted by Crippen LogP contribution is 2.34. The highest BCUT2D eigenvalue weighted by molar-refractivity contribution is 7.15. The van der Waals surface area contributed by atoms with Crippen LogP contribution in [0.3, 0.4) is 0 Å². The molecule has 1 aliphatic heterocycles. The summed E-state index contributed by atoms with van der Waals surface area (Å²) in [4.78, 5) is 7.50. The average molecular weight is 426 g/mol. The van der Waals surface area contributed by atoms with Crippen molar-refractivity contribution in [2.45, 2.75) is 44.4 Å². The molecule has 2 N–H and O–H groups in total. The van der Waals surface area contributed by atoms with E-state index in [0.29, 0.717) is 36.2 Å². The number of nitrogens with one attached hydrogen (secondary N) is 1. The summed E-state index contributed by atoms with van der Waals surface area (Å²) in [5, 5.41) is 23.8. The molecule has 1 aromatic carbocycles. The number of phenols is 1. The molecule has 1 aliphatic carbocycles. The zero-order chi connectivity index (χ0) is 20.7. The van der Waals surface area contributed by atoms with Crippen molar-refractivity contribution in [1.29, 1.82) is 0 Å². The Hall–Kier alpha value is -2.58. The Balaban J connectivity index is 1.26. The molecule has 5 rings (SSSR count). The number of nitrogens with zero attached hydrogens (tertiary/aromatic N) is 4. The Morgan fingerprint density at radius 1 is 1.17 bits per heavy atom. The van der Waals surface area contributed by atoms with E-state index >= 15 is 0 Å². The number of halogens is 1. The van der Waals surface area contributed by atoms with E-state index in [9.17, 15) is 9.50 Å². The fourth-order valence-corrected chi connectivity index (χ4v) is 4.93. The van der Waals surface area contributed by atoms with E-state index in [1.54, 1.807) is 17.4 Å². The van der Waals surface area contributed by atoms with E-state index < -0.39 is 6.17 Å². The maximum atomic E-state index is 13.0. The van der Waals surface area contributed by atoms with Gasteiger partial charge >= 0.3 is 0 Å². The summed E-state index contributed by atoms with van der Waals surface area (Å²) in [6, 6.07) is 10.1. The standard InChI is InChI=1S/C22H24FN5OS/c1-13-24-11-21(30-13)14-2-3-18(20(29)8-14)19-4-5-22(27-26-19)28-7-6-16(12-28)25-17-9-15(23)10-17/h2-5,8,11,15-17,25,29H,6-7,9-10,12H2,1H3/t15?,16-,17?/m1/s1. The highest BCUT2D eigenvalue weighted by Gasteiger charge is 2.33. The molecule has 0 amide bonds. The maximum Gasteiger partial charge on any atom is 0.151 e. The van der Waals surface area contributed by atoms with Crippen molar-refractivity contribution in [3.05, 3.63) is 41.5 Å². The number of rotatable bonds is 5. The van der Waals surface area contributed by atoms with Gasteiger partial charge in [-0.25, -0.2) is 9.37 Å². The molecule has 2 aromatic heterocycles. The van der Waals surface area contributed by atoms with Crippen LogP contribution >= 0.6 is 11.3 Å². The van der Waals surface area contributed by atoms with Crippen LogP contribution in [0.25, 0.3) is 21.7 Å². The number of aromatic nitrogens is 3. The van der Waals surface area contributed by atoms with Crippen LogP contribution in [0.4, 0.5) is 10.2 Å². The molecule has 6 nitrogen and oxygen atoms in total. The molecule has 0 unspecified atom stereocenters. The fraction of sp³-hybridized carbons (Fsp3) is 0.409. The second-order valence-corrected chi connectivity index (χ2v) is 9.35. The summed E-state index contributed by atoms with van der Waals surface area (Å²) in [5.74, 6) is 1.01. The lowest BCUT2D eigenvalue weighted by Gasteiger charge is -2.33. The van der Waals surface area contributed by atoms with Crippen LogP contribution in [-0.2, 0) is 0 Å². The van der Waals surface area contributed by atoms with Gasteiger partial charge in [-0.3, -0.25) is 0 Å². The van der Waals surface area contributed by atoms with Crippen LogP contribution in [0.1, 0.15) is 24.3 Å². The topological polar surface area (TPSA) is 74.2 Å². The third-order valence-electron chi connectivity index (χ3n) is 5.89. The quantitative estimate of drug-likeness (QED) is 0.645. The van der Waals surface area contributed by atoms with Crippen molar-refractivity contribution in [2.24, 2.45) is 0 Å². The molecule has 8 heteroatoms. The Morgan fingerprint density at radius 3 is 2.70 bits per heavy atom. The van der Waals surface area contributed by atoms with Crippen LogP contribution in [0.15, 0.2) is 36.5 Å². The number of hydrogen-bond donors (Lipinski definition) is 2. The zero-order valence-corrected chi connectivity index (χ0v) is 17.6. The van der Waals surface area contributed by atoms with E-state index in [1.165, 1.54) is 0 Å². The molecule has 2 fully saturated rings.